The van der Waals surface area contributed by atoms with E-state index in [4.69, 9.17) is 9.84 Å². The van der Waals surface area contributed by atoms with Crippen LogP contribution in [0.5, 0.6) is 0 Å². The molecule has 1 saturated heterocycles. The molecule has 1 heterocycles. The van der Waals surface area contributed by atoms with Crippen LogP contribution in [0.25, 0.3) is 0 Å². The highest BCUT2D eigenvalue weighted by Gasteiger charge is 2.41. The molecule has 0 saturated carbocycles. The number of aliphatic hydroxyl groups is 1. The SMILES string of the molecule is CC(C)(C)CCOC(=O)N1CC[C@H](O)[C@@H]1C(=O)O. The lowest BCUT2D eigenvalue weighted by Crippen LogP contribution is -2.45. The minimum Gasteiger partial charge on any atom is -0.480 e. The highest BCUT2D eigenvalue weighted by atomic mass is 16.6. The molecule has 104 valence electrons. The second kappa shape index (κ2) is 5.56. The van der Waals surface area contributed by atoms with E-state index in [0.717, 1.165) is 4.90 Å². The molecule has 1 aliphatic heterocycles. The van der Waals surface area contributed by atoms with E-state index in [1.165, 1.54) is 0 Å². The zero-order valence-electron chi connectivity index (χ0n) is 11.0. The molecule has 1 rings (SSSR count). The second-order valence-corrected chi connectivity index (χ2v) is 5.76. The van der Waals surface area contributed by atoms with Gasteiger partial charge < -0.3 is 14.9 Å². The number of hydrogen-bond donors (Lipinski definition) is 2. The third kappa shape index (κ3) is 3.87. The molecule has 2 N–H and O–H groups in total. The first-order valence-electron chi connectivity index (χ1n) is 6.06. The van der Waals surface area contributed by atoms with E-state index in [1.54, 1.807) is 0 Å². The molecule has 18 heavy (non-hydrogen) atoms. The lowest BCUT2D eigenvalue weighted by Gasteiger charge is -2.23. The normalized spacial score (nSPS) is 24.1. The Bertz CT molecular complexity index is 323. The lowest BCUT2D eigenvalue weighted by molar-refractivity contribution is -0.144. The molecule has 6 heteroatoms. The van der Waals surface area contributed by atoms with Gasteiger partial charge >= 0.3 is 12.1 Å². The Kier molecular flexibility index (Phi) is 4.56. The second-order valence-electron chi connectivity index (χ2n) is 5.76. The van der Waals surface area contributed by atoms with Crippen LogP contribution in [-0.4, -0.2) is 52.5 Å². The van der Waals surface area contributed by atoms with Crippen LogP contribution in [0.15, 0.2) is 0 Å². The van der Waals surface area contributed by atoms with Crippen LogP contribution in [-0.2, 0) is 9.53 Å². The standard InChI is InChI=1S/C12H21NO5/c1-12(2,3)5-7-18-11(17)13-6-4-8(14)9(13)10(15)16/h8-9,14H,4-7H2,1-3H3,(H,15,16)/t8-,9+/m0/s1. The number of hydrogen-bond acceptors (Lipinski definition) is 4. The summed E-state index contributed by atoms with van der Waals surface area (Å²) in [5.41, 5.74) is 0.0526. The summed E-state index contributed by atoms with van der Waals surface area (Å²) in [7, 11) is 0. The highest BCUT2D eigenvalue weighted by molar-refractivity contribution is 5.81. The minimum atomic E-state index is -1.20. The van der Waals surface area contributed by atoms with Gasteiger partial charge in [-0.1, -0.05) is 20.8 Å². The van der Waals surface area contributed by atoms with Crippen molar-refractivity contribution in [3.05, 3.63) is 0 Å². The number of rotatable bonds is 3. The van der Waals surface area contributed by atoms with Gasteiger partial charge in [-0.05, 0) is 18.3 Å². The first-order chi connectivity index (χ1) is 8.22. The van der Waals surface area contributed by atoms with Crippen molar-refractivity contribution < 1.29 is 24.5 Å². The molecular formula is C12H21NO5. The fourth-order valence-electron chi connectivity index (χ4n) is 1.81. The summed E-state index contributed by atoms with van der Waals surface area (Å²) in [6, 6.07) is -1.19. The first-order valence-corrected chi connectivity index (χ1v) is 6.06. The highest BCUT2D eigenvalue weighted by Crippen LogP contribution is 2.21. The maximum absolute atomic E-state index is 11.7. The third-order valence-corrected chi connectivity index (χ3v) is 2.93. The van der Waals surface area contributed by atoms with Gasteiger partial charge in [-0.3, -0.25) is 4.90 Å². The van der Waals surface area contributed by atoms with Gasteiger partial charge in [-0.2, -0.15) is 0 Å². The van der Waals surface area contributed by atoms with Crippen LogP contribution >= 0.6 is 0 Å². The van der Waals surface area contributed by atoms with E-state index < -0.39 is 24.2 Å². The van der Waals surface area contributed by atoms with E-state index in [9.17, 15) is 14.7 Å². The number of amides is 1. The topological polar surface area (TPSA) is 87.1 Å². The van der Waals surface area contributed by atoms with Crippen LogP contribution in [0.1, 0.15) is 33.6 Å². The number of carboxylic acid groups (broad SMARTS) is 1. The summed E-state index contributed by atoms with van der Waals surface area (Å²) in [6.45, 7) is 6.55. The molecule has 1 aliphatic rings. The van der Waals surface area contributed by atoms with Gasteiger partial charge in [0.15, 0.2) is 6.04 Å². The molecular weight excluding hydrogens is 238 g/mol. The maximum Gasteiger partial charge on any atom is 0.410 e. The predicted octanol–water partition coefficient (Wildman–Crippen LogP) is 1.08. The largest absolute Gasteiger partial charge is 0.480 e. The molecule has 0 aromatic heterocycles. The van der Waals surface area contributed by atoms with Crippen molar-refractivity contribution in [1.29, 1.82) is 0 Å². The third-order valence-electron chi connectivity index (χ3n) is 2.93. The first kappa shape index (κ1) is 14.8. The molecule has 1 amide bonds. The number of nitrogens with zero attached hydrogens (tertiary/aromatic N) is 1. The Labute approximate surface area is 107 Å². The van der Waals surface area contributed by atoms with Crippen molar-refractivity contribution in [2.75, 3.05) is 13.2 Å². The lowest BCUT2D eigenvalue weighted by atomic mass is 9.93. The van der Waals surface area contributed by atoms with E-state index in [2.05, 4.69) is 0 Å². The number of ether oxygens (including phenoxy) is 1. The van der Waals surface area contributed by atoms with Crippen molar-refractivity contribution in [3.63, 3.8) is 0 Å². The number of carboxylic acids is 1. The Hall–Kier alpha value is -1.30. The van der Waals surface area contributed by atoms with E-state index in [1.807, 2.05) is 20.8 Å². The number of aliphatic carboxylic acids is 1. The van der Waals surface area contributed by atoms with Gasteiger partial charge in [0.25, 0.3) is 0 Å². The van der Waals surface area contributed by atoms with Crippen LogP contribution in [0, 0.1) is 5.41 Å². The Morgan fingerprint density at radius 2 is 2.00 bits per heavy atom. The fourth-order valence-corrected chi connectivity index (χ4v) is 1.81. The number of carbonyl (C=O) groups excluding carboxylic acids is 1. The summed E-state index contributed by atoms with van der Waals surface area (Å²) in [6.07, 6.45) is -0.709. The summed E-state index contributed by atoms with van der Waals surface area (Å²) in [5, 5.41) is 18.5. The van der Waals surface area contributed by atoms with Gasteiger partial charge in [-0.25, -0.2) is 9.59 Å². The van der Waals surface area contributed by atoms with Gasteiger partial charge in [0.05, 0.1) is 12.7 Å². The monoisotopic (exact) mass is 259 g/mol. The zero-order valence-corrected chi connectivity index (χ0v) is 11.0. The quantitative estimate of drug-likeness (QED) is 0.792. The van der Waals surface area contributed by atoms with Crippen molar-refractivity contribution in [2.24, 2.45) is 5.41 Å². The average Bonchev–Trinajstić information content (AvgIpc) is 2.58. The van der Waals surface area contributed by atoms with E-state index in [-0.39, 0.29) is 25.0 Å². The molecule has 1 fully saturated rings. The molecule has 0 aromatic carbocycles. The molecule has 0 aliphatic carbocycles. The molecule has 0 unspecified atom stereocenters. The Morgan fingerprint density at radius 1 is 1.39 bits per heavy atom. The summed E-state index contributed by atoms with van der Waals surface area (Å²) >= 11 is 0. The van der Waals surface area contributed by atoms with Crippen LogP contribution in [0.2, 0.25) is 0 Å². The molecule has 0 spiro atoms. The molecule has 0 radical (unpaired) electrons. The molecule has 0 aromatic rings. The average molecular weight is 259 g/mol. The van der Waals surface area contributed by atoms with Gasteiger partial charge in [-0.15, -0.1) is 0 Å². The van der Waals surface area contributed by atoms with E-state index in [0.29, 0.717) is 6.42 Å². The van der Waals surface area contributed by atoms with Crippen LogP contribution in [0.3, 0.4) is 0 Å². The number of likely N-dealkylation sites (tertiary alicyclic amines) is 1. The van der Waals surface area contributed by atoms with Gasteiger partial charge in [0, 0.05) is 6.54 Å². The van der Waals surface area contributed by atoms with Crippen molar-refractivity contribution >= 4 is 12.1 Å². The predicted molar refractivity (Wildman–Crippen MR) is 64.2 cm³/mol. The Morgan fingerprint density at radius 3 is 2.50 bits per heavy atom. The van der Waals surface area contributed by atoms with Crippen LogP contribution in [0.4, 0.5) is 4.79 Å². The number of carbonyl (C=O) groups is 2. The Balaban J connectivity index is 2.49. The van der Waals surface area contributed by atoms with Crippen molar-refractivity contribution in [1.82, 2.24) is 4.90 Å². The molecule has 2 atom stereocenters. The van der Waals surface area contributed by atoms with E-state index >= 15 is 0 Å². The van der Waals surface area contributed by atoms with Crippen LogP contribution < -0.4 is 0 Å². The smallest absolute Gasteiger partial charge is 0.410 e. The summed E-state index contributed by atoms with van der Waals surface area (Å²) in [4.78, 5) is 23.8. The summed E-state index contributed by atoms with van der Waals surface area (Å²) in [5.74, 6) is -1.20. The minimum absolute atomic E-state index is 0.0526. The number of aliphatic hydroxyl groups excluding tert-OH is 1. The van der Waals surface area contributed by atoms with Crippen molar-refractivity contribution in [3.8, 4) is 0 Å². The molecule has 6 nitrogen and oxygen atoms in total. The van der Waals surface area contributed by atoms with Crippen molar-refractivity contribution in [2.45, 2.75) is 45.8 Å². The van der Waals surface area contributed by atoms with Gasteiger partial charge in [0.2, 0.25) is 0 Å². The fraction of sp³-hybridized carbons (Fsp3) is 0.833. The maximum atomic E-state index is 11.7. The molecule has 0 bridgehead atoms. The zero-order chi connectivity index (χ0) is 13.9. The van der Waals surface area contributed by atoms with Gasteiger partial charge in [0.1, 0.15) is 0 Å². The summed E-state index contributed by atoms with van der Waals surface area (Å²) < 4.78 is 5.04.